The van der Waals surface area contributed by atoms with E-state index in [9.17, 15) is 14.7 Å². The Labute approximate surface area is 140 Å². The molecule has 1 N–H and O–H groups in total. The Hall–Kier alpha value is -3.54. The molecule has 0 aliphatic heterocycles. The Bertz CT molecular complexity index is 1230. The van der Waals surface area contributed by atoms with Crippen LogP contribution in [0.4, 0.5) is 0 Å². The topological polar surface area (TPSA) is 89.9 Å². The number of hydrogen-bond donors (Lipinski definition) is 1. The third-order valence-corrected chi connectivity index (χ3v) is 3.94. The van der Waals surface area contributed by atoms with Crippen LogP contribution in [0.5, 0.6) is 11.5 Å². The van der Waals surface area contributed by atoms with Gasteiger partial charge in [0, 0.05) is 23.1 Å². The highest BCUT2D eigenvalue weighted by Crippen LogP contribution is 2.32. The van der Waals surface area contributed by atoms with Gasteiger partial charge in [0.05, 0.1) is 7.11 Å². The number of aromatic hydroxyl groups is 1. The molecular formula is C19H12O6. The van der Waals surface area contributed by atoms with Crippen molar-refractivity contribution < 1.29 is 18.7 Å². The Morgan fingerprint density at radius 2 is 1.76 bits per heavy atom. The summed E-state index contributed by atoms with van der Waals surface area (Å²) in [7, 11) is 1.43. The second kappa shape index (κ2) is 5.52. The molecule has 0 aliphatic rings. The highest BCUT2D eigenvalue weighted by atomic mass is 16.5. The summed E-state index contributed by atoms with van der Waals surface area (Å²) in [5.74, 6) is 0.570. The molecule has 0 fully saturated rings. The average Bonchev–Trinajstić information content (AvgIpc) is 2.61. The predicted molar refractivity (Wildman–Crippen MR) is 92.2 cm³/mol. The normalized spacial score (nSPS) is 11.1. The number of rotatable bonds is 2. The van der Waals surface area contributed by atoms with Gasteiger partial charge in [-0.3, -0.25) is 4.79 Å². The van der Waals surface area contributed by atoms with E-state index in [2.05, 4.69) is 0 Å². The van der Waals surface area contributed by atoms with Crippen LogP contribution in [0.25, 0.3) is 33.3 Å². The minimum atomic E-state index is -0.535. The third-order valence-electron chi connectivity index (χ3n) is 3.94. The highest BCUT2D eigenvalue weighted by molar-refractivity contribution is 6.01. The molecule has 2 aromatic heterocycles. The van der Waals surface area contributed by atoms with Gasteiger partial charge in [0.2, 0.25) is 0 Å². The number of phenolic OH excluding ortho intramolecular Hbond substituents is 1. The zero-order valence-electron chi connectivity index (χ0n) is 13.1. The van der Waals surface area contributed by atoms with Crippen LogP contribution in [-0.2, 0) is 0 Å². The first-order valence-corrected chi connectivity index (χ1v) is 7.45. The summed E-state index contributed by atoms with van der Waals surface area (Å²) in [5.41, 5.74) is 0.211. The monoisotopic (exact) mass is 336 g/mol. The molecule has 0 saturated carbocycles. The van der Waals surface area contributed by atoms with Gasteiger partial charge in [-0.15, -0.1) is 0 Å². The van der Waals surface area contributed by atoms with Gasteiger partial charge in [-0.25, -0.2) is 4.79 Å². The molecule has 0 unspecified atom stereocenters. The molecule has 0 bridgehead atoms. The van der Waals surface area contributed by atoms with Crippen LogP contribution in [0.3, 0.4) is 0 Å². The summed E-state index contributed by atoms with van der Waals surface area (Å²) in [6.45, 7) is 0. The van der Waals surface area contributed by atoms with Crippen LogP contribution in [0.1, 0.15) is 0 Å². The molecule has 0 spiro atoms. The van der Waals surface area contributed by atoms with Gasteiger partial charge in [-0.2, -0.15) is 0 Å². The van der Waals surface area contributed by atoms with E-state index in [1.807, 2.05) is 0 Å². The van der Waals surface area contributed by atoms with Crippen molar-refractivity contribution in [1.29, 1.82) is 0 Å². The summed E-state index contributed by atoms with van der Waals surface area (Å²) in [6.07, 6.45) is 0. The van der Waals surface area contributed by atoms with E-state index < -0.39 is 5.63 Å². The van der Waals surface area contributed by atoms with Crippen LogP contribution in [-0.4, -0.2) is 12.2 Å². The van der Waals surface area contributed by atoms with Gasteiger partial charge in [0.15, 0.2) is 22.5 Å². The van der Waals surface area contributed by atoms with Gasteiger partial charge in [-0.05, 0) is 36.4 Å². The second-order valence-electron chi connectivity index (χ2n) is 5.47. The molecule has 0 amide bonds. The molecule has 0 saturated heterocycles. The largest absolute Gasteiger partial charge is 0.504 e. The van der Waals surface area contributed by atoms with Crippen LogP contribution in [0.15, 0.2) is 67.0 Å². The number of benzene rings is 2. The molecule has 0 aliphatic carbocycles. The number of ether oxygens (including phenoxy) is 1. The SMILES string of the molecule is COc1cc(-c2cc(=O)c3c(ccc4ccc(=O)oc43)o2)ccc1O. The molecular weight excluding hydrogens is 324 g/mol. The summed E-state index contributed by atoms with van der Waals surface area (Å²) in [5, 5.41) is 10.5. The van der Waals surface area contributed by atoms with Crippen molar-refractivity contribution in [3.8, 4) is 22.8 Å². The van der Waals surface area contributed by atoms with E-state index in [-0.39, 0.29) is 27.9 Å². The Morgan fingerprint density at radius 3 is 2.56 bits per heavy atom. The molecule has 0 radical (unpaired) electrons. The van der Waals surface area contributed by atoms with E-state index in [1.165, 1.54) is 25.3 Å². The quantitative estimate of drug-likeness (QED) is 0.446. The van der Waals surface area contributed by atoms with E-state index in [1.54, 1.807) is 30.3 Å². The molecule has 2 heterocycles. The molecule has 6 nitrogen and oxygen atoms in total. The highest BCUT2D eigenvalue weighted by Gasteiger charge is 2.13. The molecule has 4 rings (SSSR count). The fourth-order valence-corrected chi connectivity index (χ4v) is 2.75. The van der Waals surface area contributed by atoms with E-state index in [0.717, 1.165) is 0 Å². The fraction of sp³-hybridized carbons (Fsp3) is 0.0526. The molecule has 2 aromatic carbocycles. The lowest BCUT2D eigenvalue weighted by atomic mass is 10.1. The van der Waals surface area contributed by atoms with Crippen LogP contribution in [0, 0.1) is 0 Å². The lowest BCUT2D eigenvalue weighted by molar-refractivity contribution is 0.373. The molecule has 4 aromatic rings. The van der Waals surface area contributed by atoms with Gasteiger partial charge in [0.1, 0.15) is 16.7 Å². The molecule has 124 valence electrons. The van der Waals surface area contributed by atoms with E-state index >= 15 is 0 Å². The van der Waals surface area contributed by atoms with Gasteiger partial charge >= 0.3 is 5.63 Å². The number of fused-ring (bicyclic) bond motifs is 3. The van der Waals surface area contributed by atoms with Crippen LogP contribution < -0.4 is 15.8 Å². The van der Waals surface area contributed by atoms with Crippen molar-refractivity contribution in [3.05, 3.63) is 69.2 Å². The van der Waals surface area contributed by atoms with Crippen molar-refractivity contribution in [2.75, 3.05) is 7.11 Å². The summed E-state index contributed by atoms with van der Waals surface area (Å²) in [6, 6.07) is 12.2. The molecule has 25 heavy (non-hydrogen) atoms. The number of phenols is 1. The van der Waals surface area contributed by atoms with Crippen molar-refractivity contribution in [2.45, 2.75) is 0 Å². The average molecular weight is 336 g/mol. The minimum absolute atomic E-state index is 0.0119. The van der Waals surface area contributed by atoms with Crippen molar-refractivity contribution in [3.63, 3.8) is 0 Å². The van der Waals surface area contributed by atoms with E-state index in [4.69, 9.17) is 13.6 Å². The fourth-order valence-electron chi connectivity index (χ4n) is 2.75. The maximum absolute atomic E-state index is 12.6. The first-order valence-electron chi connectivity index (χ1n) is 7.45. The maximum atomic E-state index is 12.6. The number of methoxy groups -OCH3 is 1. The molecule has 0 atom stereocenters. The summed E-state index contributed by atoms with van der Waals surface area (Å²) in [4.78, 5) is 24.1. The van der Waals surface area contributed by atoms with Crippen molar-refractivity contribution in [2.24, 2.45) is 0 Å². The Balaban J connectivity index is 2.01. The first-order chi connectivity index (χ1) is 12.1. The van der Waals surface area contributed by atoms with Crippen LogP contribution in [0.2, 0.25) is 0 Å². The Kier molecular flexibility index (Phi) is 3.32. The summed E-state index contributed by atoms with van der Waals surface area (Å²) >= 11 is 0. The van der Waals surface area contributed by atoms with E-state index in [0.29, 0.717) is 22.3 Å². The van der Waals surface area contributed by atoms with Crippen molar-refractivity contribution >= 4 is 21.9 Å². The zero-order valence-corrected chi connectivity index (χ0v) is 13.1. The standard InChI is InChI=1S/C19H12O6/c1-23-16-8-11(2-5-12(16)20)15-9-13(21)18-14(24-15)6-3-10-4-7-17(22)25-19(10)18/h2-9,20H,1H3. The second-order valence-corrected chi connectivity index (χ2v) is 5.47. The van der Waals surface area contributed by atoms with Crippen LogP contribution >= 0.6 is 0 Å². The lowest BCUT2D eigenvalue weighted by Crippen LogP contribution is -2.03. The smallest absolute Gasteiger partial charge is 0.336 e. The minimum Gasteiger partial charge on any atom is -0.504 e. The van der Waals surface area contributed by atoms with Crippen molar-refractivity contribution in [1.82, 2.24) is 0 Å². The first kappa shape index (κ1) is 15.0. The van der Waals surface area contributed by atoms with Gasteiger partial charge < -0.3 is 18.7 Å². The van der Waals surface area contributed by atoms with Gasteiger partial charge in [-0.1, -0.05) is 0 Å². The lowest BCUT2D eigenvalue weighted by Gasteiger charge is -2.07. The summed E-state index contributed by atoms with van der Waals surface area (Å²) < 4.78 is 16.1. The Morgan fingerprint density at radius 1 is 0.960 bits per heavy atom. The number of hydrogen-bond acceptors (Lipinski definition) is 6. The maximum Gasteiger partial charge on any atom is 0.336 e. The van der Waals surface area contributed by atoms with Gasteiger partial charge in [0.25, 0.3) is 0 Å². The molecule has 6 heteroatoms. The predicted octanol–water partition coefficient (Wildman–Crippen LogP) is 3.28. The zero-order chi connectivity index (χ0) is 17.6. The third kappa shape index (κ3) is 2.44.